The largest absolute Gasteiger partial charge is 0.490 e. The first-order chi connectivity index (χ1) is 18.9. The van der Waals surface area contributed by atoms with Crippen molar-refractivity contribution in [3.63, 3.8) is 0 Å². The van der Waals surface area contributed by atoms with E-state index < -0.39 is 22.2 Å². The summed E-state index contributed by atoms with van der Waals surface area (Å²) in [6.07, 6.45) is 0.00804. The van der Waals surface area contributed by atoms with Crippen LogP contribution in [0.25, 0.3) is 0 Å². The summed E-state index contributed by atoms with van der Waals surface area (Å²) in [6, 6.07) is 7.98. The number of ether oxygens (including phenoxy) is 3. The lowest BCUT2D eigenvalue weighted by Gasteiger charge is -2.12. The molecule has 2 N–H and O–H groups in total. The van der Waals surface area contributed by atoms with E-state index in [0.717, 1.165) is 12.1 Å². The Labute approximate surface area is 263 Å². The Hall–Kier alpha value is -2.51. The maximum absolute atomic E-state index is 13.1. The molecule has 0 spiro atoms. The monoisotopic (exact) mass is 770 g/mol. The predicted molar refractivity (Wildman–Crippen MR) is 165 cm³/mol. The van der Waals surface area contributed by atoms with Gasteiger partial charge in [0.15, 0.2) is 0 Å². The number of benzene rings is 3. The quantitative estimate of drug-likeness (QED) is 0.146. The van der Waals surface area contributed by atoms with Crippen molar-refractivity contribution in [1.82, 2.24) is 0 Å². The minimum absolute atomic E-state index is 0.0427. The average Bonchev–Trinajstić information content (AvgIpc) is 2.82. The van der Waals surface area contributed by atoms with Crippen LogP contribution in [0.1, 0.15) is 47.1 Å². The highest BCUT2D eigenvalue weighted by atomic mass is 79.9. The van der Waals surface area contributed by atoms with Gasteiger partial charge >= 0.3 is 5.69 Å². The maximum atomic E-state index is 13.1. The van der Waals surface area contributed by atoms with Gasteiger partial charge in [0, 0.05) is 6.07 Å². The summed E-state index contributed by atoms with van der Waals surface area (Å²) in [5.74, 6) is -0.0326. The number of halogens is 6. The molecule has 3 aromatic carbocycles. The first-order valence-corrected chi connectivity index (χ1v) is 14.6. The zero-order chi connectivity index (χ0) is 31.6. The van der Waals surface area contributed by atoms with Crippen LogP contribution in [-0.2, 0) is 0 Å². The van der Waals surface area contributed by atoms with Crippen molar-refractivity contribution in [3.8, 4) is 17.2 Å². The second-order valence-corrected chi connectivity index (χ2v) is 11.9. The van der Waals surface area contributed by atoms with Gasteiger partial charge in [0.05, 0.1) is 48.4 Å². The van der Waals surface area contributed by atoms with E-state index in [4.69, 9.17) is 19.9 Å². The van der Waals surface area contributed by atoms with E-state index >= 15 is 0 Å². The minimum atomic E-state index is -0.886. The van der Waals surface area contributed by atoms with Gasteiger partial charge in [-0.25, -0.2) is 8.78 Å². The summed E-state index contributed by atoms with van der Waals surface area (Å²) in [5, 5.41) is 10.5. The Bertz CT molecular complexity index is 1280. The molecule has 0 amide bonds. The fourth-order valence-corrected chi connectivity index (χ4v) is 4.09. The molecule has 0 saturated heterocycles. The van der Waals surface area contributed by atoms with Gasteiger partial charge in [-0.3, -0.25) is 10.1 Å². The van der Waals surface area contributed by atoms with Crippen molar-refractivity contribution >= 4 is 59.2 Å². The summed E-state index contributed by atoms with van der Waals surface area (Å²) >= 11 is 9.51. The number of rotatable bonds is 7. The Balaban J connectivity index is 0.000000309. The standard InChI is InChI=1S/C10H12BrFO.C9H9BrFNO3.C9H11BrFNO/c1-6(2)13-10-4-7(3)9(12)5-8(10)11;1-5(2)15-9-4-8(12(13)14)7(11)3-6(9)10;1-5(2)13-9-4-8(12)7(11)3-6(9)10/h4-6H,1-3H3;3-5H,1-2H3;3-5H,12H2,1-2H3. The molecule has 7 nitrogen and oxygen atoms in total. The smallest absolute Gasteiger partial charge is 0.308 e. The SMILES string of the molecule is CC(C)Oc1cc(N)c(F)cc1Br.CC(C)Oc1cc([N+](=O)[O-])c(F)cc1Br.Cc1cc(OC(C)C)c(Br)cc1F. The van der Waals surface area contributed by atoms with Crippen LogP contribution in [0.5, 0.6) is 17.2 Å². The highest BCUT2D eigenvalue weighted by Crippen LogP contribution is 2.33. The maximum Gasteiger partial charge on any atom is 0.308 e. The summed E-state index contributed by atoms with van der Waals surface area (Å²) in [5.41, 5.74) is 5.49. The van der Waals surface area contributed by atoms with Gasteiger partial charge in [0.1, 0.15) is 28.9 Å². The van der Waals surface area contributed by atoms with Crippen LogP contribution >= 0.6 is 47.8 Å². The van der Waals surface area contributed by atoms with Crippen molar-refractivity contribution in [2.24, 2.45) is 0 Å². The van der Waals surface area contributed by atoms with E-state index in [1.54, 1.807) is 26.8 Å². The molecule has 13 heteroatoms. The number of anilines is 1. The van der Waals surface area contributed by atoms with Gasteiger partial charge < -0.3 is 19.9 Å². The third-order valence-electron chi connectivity index (χ3n) is 4.55. The second kappa shape index (κ2) is 16.8. The molecule has 0 unspecified atom stereocenters. The lowest BCUT2D eigenvalue weighted by molar-refractivity contribution is -0.387. The second-order valence-electron chi connectivity index (χ2n) is 9.33. The predicted octanol–water partition coefficient (Wildman–Crippen LogP) is 9.93. The number of nitro groups is 1. The van der Waals surface area contributed by atoms with Gasteiger partial charge in [-0.05, 0) is 126 Å². The topological polar surface area (TPSA) is 96.9 Å². The number of nitrogens with two attached hydrogens (primary N) is 1. The van der Waals surface area contributed by atoms with E-state index in [2.05, 4.69) is 47.8 Å². The van der Waals surface area contributed by atoms with Crippen LogP contribution < -0.4 is 19.9 Å². The van der Waals surface area contributed by atoms with Crippen molar-refractivity contribution < 1.29 is 32.3 Å². The van der Waals surface area contributed by atoms with Gasteiger partial charge in [0.25, 0.3) is 0 Å². The number of nitro benzene ring substituents is 1. The van der Waals surface area contributed by atoms with Crippen LogP contribution in [0, 0.1) is 34.5 Å². The molecule has 226 valence electrons. The number of nitrogens with zero attached hydrogens (tertiary/aromatic N) is 1. The van der Waals surface area contributed by atoms with Crippen LogP contribution in [0.4, 0.5) is 24.5 Å². The lowest BCUT2D eigenvalue weighted by Crippen LogP contribution is -2.06. The van der Waals surface area contributed by atoms with E-state index in [1.807, 2.05) is 27.7 Å². The lowest BCUT2D eigenvalue weighted by atomic mass is 10.2. The number of aryl methyl sites for hydroxylation is 1. The zero-order valence-corrected chi connectivity index (χ0v) is 28.3. The molecule has 0 radical (unpaired) electrons. The molecule has 41 heavy (non-hydrogen) atoms. The molecule has 3 rings (SSSR count). The van der Waals surface area contributed by atoms with E-state index in [0.29, 0.717) is 30.5 Å². The summed E-state index contributed by atoms with van der Waals surface area (Å²) < 4.78 is 56.7. The molecule has 0 aliphatic carbocycles. The zero-order valence-electron chi connectivity index (χ0n) is 23.5. The molecule has 3 aromatic rings. The molecule has 0 atom stereocenters. The number of hydrogen-bond donors (Lipinski definition) is 1. The van der Waals surface area contributed by atoms with Gasteiger partial charge in [-0.1, -0.05) is 0 Å². The molecular weight excluding hydrogens is 741 g/mol. The third kappa shape index (κ3) is 12.5. The van der Waals surface area contributed by atoms with Crippen LogP contribution in [0.3, 0.4) is 0 Å². The molecule has 0 aliphatic heterocycles. The fourth-order valence-electron chi connectivity index (χ4n) is 2.87. The Morgan fingerprint density at radius 1 is 0.683 bits per heavy atom. The van der Waals surface area contributed by atoms with Gasteiger partial charge in [-0.2, -0.15) is 4.39 Å². The Kier molecular flexibility index (Phi) is 15.0. The van der Waals surface area contributed by atoms with Gasteiger partial charge in [-0.15, -0.1) is 0 Å². The molecule has 0 fully saturated rings. The summed E-state index contributed by atoms with van der Waals surface area (Å²) in [4.78, 5) is 9.68. The van der Waals surface area contributed by atoms with E-state index in [1.165, 1.54) is 18.2 Å². The van der Waals surface area contributed by atoms with Crippen LogP contribution in [-0.4, -0.2) is 23.2 Å². The molecule has 0 aromatic heterocycles. The first-order valence-electron chi connectivity index (χ1n) is 12.3. The first kappa shape index (κ1) is 36.5. The highest BCUT2D eigenvalue weighted by molar-refractivity contribution is 9.11. The Morgan fingerprint density at radius 3 is 1.46 bits per heavy atom. The van der Waals surface area contributed by atoms with Crippen molar-refractivity contribution in [3.05, 3.63) is 82.9 Å². The fraction of sp³-hybridized carbons (Fsp3) is 0.357. The minimum Gasteiger partial charge on any atom is -0.490 e. The Morgan fingerprint density at radius 2 is 1.05 bits per heavy atom. The van der Waals surface area contributed by atoms with Crippen LogP contribution in [0.15, 0.2) is 49.8 Å². The number of nitrogen functional groups attached to an aromatic ring is 1. The van der Waals surface area contributed by atoms with Crippen LogP contribution in [0.2, 0.25) is 0 Å². The van der Waals surface area contributed by atoms with Crippen molar-refractivity contribution in [1.29, 1.82) is 0 Å². The van der Waals surface area contributed by atoms with Crippen molar-refractivity contribution in [2.45, 2.75) is 66.8 Å². The normalized spacial score (nSPS) is 10.5. The van der Waals surface area contributed by atoms with E-state index in [-0.39, 0.29) is 35.6 Å². The summed E-state index contributed by atoms with van der Waals surface area (Å²) in [7, 11) is 0. The summed E-state index contributed by atoms with van der Waals surface area (Å²) in [6.45, 7) is 12.9. The number of hydrogen-bond acceptors (Lipinski definition) is 6. The molecule has 0 aliphatic rings. The average molecular weight is 773 g/mol. The third-order valence-corrected chi connectivity index (χ3v) is 6.41. The molecule has 0 bridgehead atoms. The van der Waals surface area contributed by atoms with Gasteiger partial charge in [0.2, 0.25) is 5.82 Å². The highest BCUT2D eigenvalue weighted by Gasteiger charge is 2.18. The van der Waals surface area contributed by atoms with Crippen molar-refractivity contribution in [2.75, 3.05) is 5.73 Å². The molecular formula is C28H32Br3F3N2O5. The molecule has 0 heterocycles. The van der Waals surface area contributed by atoms with E-state index in [9.17, 15) is 23.3 Å². The molecule has 0 saturated carbocycles.